The van der Waals surface area contributed by atoms with Crippen molar-refractivity contribution in [2.75, 3.05) is 20.8 Å². The molecular formula is C21H26N4O3. The molecule has 1 aromatic carbocycles. The van der Waals surface area contributed by atoms with Gasteiger partial charge in [0.25, 0.3) is 5.56 Å². The molecule has 1 saturated heterocycles. The Morgan fingerprint density at radius 1 is 1.18 bits per heavy atom. The number of hydrogen-bond donors (Lipinski definition) is 1. The van der Waals surface area contributed by atoms with Crippen molar-refractivity contribution >= 4 is 5.65 Å². The second-order valence-corrected chi connectivity index (χ2v) is 7.26. The van der Waals surface area contributed by atoms with Gasteiger partial charge in [-0.25, -0.2) is 9.50 Å². The van der Waals surface area contributed by atoms with Gasteiger partial charge in [0.05, 0.1) is 31.5 Å². The van der Waals surface area contributed by atoms with Crippen molar-refractivity contribution in [2.24, 2.45) is 0 Å². The number of aromatic nitrogens is 3. The summed E-state index contributed by atoms with van der Waals surface area (Å²) in [5, 5.41) is 3.27. The van der Waals surface area contributed by atoms with Crippen LogP contribution in [0.2, 0.25) is 0 Å². The highest BCUT2D eigenvalue weighted by Gasteiger charge is 2.27. The van der Waals surface area contributed by atoms with Crippen LogP contribution in [0.25, 0.3) is 5.65 Å². The first-order valence-electron chi connectivity index (χ1n) is 9.64. The topological polar surface area (TPSA) is 71.9 Å². The highest BCUT2D eigenvalue weighted by atomic mass is 16.5. The molecule has 1 fully saturated rings. The molecule has 0 aliphatic carbocycles. The highest BCUT2D eigenvalue weighted by Crippen LogP contribution is 2.36. The predicted octanol–water partition coefficient (Wildman–Crippen LogP) is 3.08. The van der Waals surface area contributed by atoms with Crippen molar-refractivity contribution in [3.05, 3.63) is 57.6 Å². The molecule has 7 heteroatoms. The molecule has 0 saturated carbocycles. The lowest BCUT2D eigenvalue weighted by Crippen LogP contribution is -2.33. The summed E-state index contributed by atoms with van der Waals surface area (Å²) >= 11 is 0. The first-order valence-corrected chi connectivity index (χ1v) is 9.64. The van der Waals surface area contributed by atoms with E-state index in [1.54, 1.807) is 20.3 Å². The second-order valence-electron chi connectivity index (χ2n) is 7.26. The first kappa shape index (κ1) is 18.6. The molecule has 0 spiro atoms. The standard InChI is InChI=1S/C21H26N4O3/c1-14-11-21(26)25-20(22-14)12-16(23-25)17-7-4-5-10-24(17)13-15-18(27-2)8-6-9-19(15)28-3/h6,8-9,11-12,17,23H,4-5,7,10,13H2,1-3H3. The summed E-state index contributed by atoms with van der Waals surface area (Å²) < 4.78 is 12.7. The summed E-state index contributed by atoms with van der Waals surface area (Å²) in [6.07, 6.45) is 3.32. The Morgan fingerprint density at radius 2 is 1.93 bits per heavy atom. The van der Waals surface area contributed by atoms with Gasteiger partial charge in [-0.2, -0.15) is 0 Å². The van der Waals surface area contributed by atoms with Gasteiger partial charge in [0.15, 0.2) is 5.65 Å². The minimum atomic E-state index is -0.0810. The third-order valence-corrected chi connectivity index (χ3v) is 5.46. The number of benzene rings is 1. The third kappa shape index (κ3) is 3.38. The van der Waals surface area contributed by atoms with Gasteiger partial charge in [0.2, 0.25) is 0 Å². The summed E-state index contributed by atoms with van der Waals surface area (Å²) in [5.41, 5.74) is 3.38. The Kier molecular flexibility index (Phi) is 5.09. The average molecular weight is 382 g/mol. The quantitative estimate of drug-likeness (QED) is 0.734. The zero-order chi connectivity index (χ0) is 19.7. The van der Waals surface area contributed by atoms with E-state index < -0.39 is 0 Å². The fourth-order valence-corrected chi connectivity index (χ4v) is 4.12. The fraction of sp³-hybridized carbons (Fsp3) is 0.429. The number of aryl methyl sites for hydroxylation is 1. The SMILES string of the molecule is COc1cccc(OC)c1CN1CCCCC1c1cc2nc(C)cc(=O)n2[nH]1. The van der Waals surface area contributed by atoms with Crippen molar-refractivity contribution in [2.45, 2.75) is 38.8 Å². The summed E-state index contributed by atoms with van der Waals surface area (Å²) in [6.45, 7) is 3.53. The molecule has 0 amide bonds. The maximum absolute atomic E-state index is 12.3. The molecule has 4 rings (SSSR count). The van der Waals surface area contributed by atoms with E-state index in [2.05, 4.69) is 15.0 Å². The number of fused-ring (bicyclic) bond motifs is 1. The van der Waals surface area contributed by atoms with E-state index in [0.29, 0.717) is 12.2 Å². The normalized spacial score (nSPS) is 17.8. The molecule has 7 nitrogen and oxygen atoms in total. The molecule has 3 aromatic rings. The van der Waals surface area contributed by atoms with E-state index in [-0.39, 0.29) is 11.6 Å². The Morgan fingerprint density at radius 3 is 2.64 bits per heavy atom. The first-order chi connectivity index (χ1) is 13.6. The van der Waals surface area contributed by atoms with Crippen LogP contribution in [0, 0.1) is 6.92 Å². The number of hydrogen-bond acceptors (Lipinski definition) is 5. The Balaban J connectivity index is 1.70. The molecule has 1 aliphatic rings. The summed E-state index contributed by atoms with van der Waals surface area (Å²) in [4.78, 5) is 19.2. The molecule has 1 atom stereocenters. The van der Waals surface area contributed by atoms with Gasteiger partial charge in [0.1, 0.15) is 11.5 Å². The number of nitrogens with one attached hydrogen (secondary N) is 1. The summed E-state index contributed by atoms with van der Waals surface area (Å²) in [5.74, 6) is 1.66. The van der Waals surface area contributed by atoms with E-state index >= 15 is 0 Å². The Hall–Kier alpha value is -2.80. The minimum Gasteiger partial charge on any atom is -0.496 e. The fourth-order valence-electron chi connectivity index (χ4n) is 4.12. The maximum atomic E-state index is 12.3. The molecule has 3 heterocycles. The van der Waals surface area contributed by atoms with Gasteiger partial charge in [0, 0.05) is 24.4 Å². The number of nitrogens with zero attached hydrogens (tertiary/aromatic N) is 3. The minimum absolute atomic E-state index is 0.0810. The van der Waals surface area contributed by atoms with Crippen LogP contribution in [0.1, 0.15) is 42.3 Å². The zero-order valence-electron chi connectivity index (χ0n) is 16.6. The molecule has 28 heavy (non-hydrogen) atoms. The summed E-state index contributed by atoms with van der Waals surface area (Å²) in [7, 11) is 3.37. The van der Waals surface area contributed by atoms with Crippen LogP contribution in [0.15, 0.2) is 35.1 Å². The van der Waals surface area contributed by atoms with Crippen LogP contribution in [-0.4, -0.2) is 40.3 Å². The smallest absolute Gasteiger partial charge is 0.272 e. The molecule has 2 aromatic heterocycles. The lowest BCUT2D eigenvalue weighted by atomic mass is 9.98. The number of piperidine rings is 1. The number of aromatic amines is 1. The zero-order valence-corrected chi connectivity index (χ0v) is 16.6. The Labute approximate surface area is 163 Å². The summed E-state index contributed by atoms with van der Waals surface area (Å²) in [6, 6.07) is 9.60. The van der Waals surface area contributed by atoms with Crippen LogP contribution >= 0.6 is 0 Å². The average Bonchev–Trinajstić information content (AvgIpc) is 3.12. The lowest BCUT2D eigenvalue weighted by Gasteiger charge is -2.35. The van der Waals surface area contributed by atoms with Crippen molar-refractivity contribution in [1.29, 1.82) is 0 Å². The van der Waals surface area contributed by atoms with Crippen molar-refractivity contribution in [1.82, 2.24) is 19.5 Å². The lowest BCUT2D eigenvalue weighted by molar-refractivity contribution is 0.134. The van der Waals surface area contributed by atoms with Crippen LogP contribution in [0.3, 0.4) is 0 Å². The molecule has 0 radical (unpaired) electrons. The largest absolute Gasteiger partial charge is 0.496 e. The Bertz CT molecular complexity index is 1020. The van der Waals surface area contributed by atoms with E-state index in [9.17, 15) is 4.79 Å². The number of likely N-dealkylation sites (tertiary alicyclic amines) is 1. The molecule has 1 aliphatic heterocycles. The molecular weight excluding hydrogens is 356 g/mol. The van der Waals surface area contributed by atoms with Gasteiger partial charge >= 0.3 is 0 Å². The van der Waals surface area contributed by atoms with Crippen LogP contribution in [0.4, 0.5) is 0 Å². The monoisotopic (exact) mass is 382 g/mol. The van der Waals surface area contributed by atoms with Crippen LogP contribution in [0.5, 0.6) is 11.5 Å². The van der Waals surface area contributed by atoms with Crippen molar-refractivity contribution < 1.29 is 9.47 Å². The molecule has 148 valence electrons. The third-order valence-electron chi connectivity index (χ3n) is 5.46. The highest BCUT2D eigenvalue weighted by molar-refractivity contribution is 5.45. The van der Waals surface area contributed by atoms with E-state index in [4.69, 9.17) is 9.47 Å². The van der Waals surface area contributed by atoms with Gasteiger partial charge in [-0.05, 0) is 38.4 Å². The van der Waals surface area contributed by atoms with Gasteiger partial charge in [-0.3, -0.25) is 14.8 Å². The van der Waals surface area contributed by atoms with E-state index in [1.165, 1.54) is 4.52 Å². The number of H-pyrrole nitrogens is 1. The van der Waals surface area contributed by atoms with Crippen molar-refractivity contribution in [3.63, 3.8) is 0 Å². The van der Waals surface area contributed by atoms with Gasteiger partial charge in [-0.1, -0.05) is 12.5 Å². The number of rotatable bonds is 5. The van der Waals surface area contributed by atoms with E-state index in [0.717, 1.165) is 54.3 Å². The van der Waals surface area contributed by atoms with Crippen LogP contribution < -0.4 is 15.0 Å². The van der Waals surface area contributed by atoms with Gasteiger partial charge in [-0.15, -0.1) is 0 Å². The van der Waals surface area contributed by atoms with Crippen molar-refractivity contribution in [3.8, 4) is 11.5 Å². The second kappa shape index (κ2) is 7.67. The number of ether oxygens (including phenoxy) is 2. The van der Waals surface area contributed by atoms with Crippen LogP contribution in [-0.2, 0) is 6.54 Å². The number of methoxy groups -OCH3 is 2. The predicted molar refractivity (Wildman–Crippen MR) is 107 cm³/mol. The molecule has 0 bridgehead atoms. The molecule has 1 N–H and O–H groups in total. The van der Waals surface area contributed by atoms with E-state index in [1.807, 2.05) is 31.2 Å². The maximum Gasteiger partial charge on any atom is 0.272 e. The van der Waals surface area contributed by atoms with Gasteiger partial charge < -0.3 is 9.47 Å². The molecule has 1 unspecified atom stereocenters.